The fraction of sp³-hybridized carbons (Fsp3) is 1.00. The molecule has 0 aliphatic carbocycles. The Labute approximate surface area is 112 Å². The lowest BCUT2D eigenvalue weighted by molar-refractivity contribution is 0.215. The second-order valence-electron chi connectivity index (χ2n) is 3.27. The quantitative estimate of drug-likeness (QED) is 0.524. The monoisotopic (exact) mass is 308 g/mol. The van der Waals surface area contributed by atoms with Crippen LogP contribution in [-0.2, 0) is 9.09 Å². The molecule has 2 N–H and O–H groups in total. The summed E-state index contributed by atoms with van der Waals surface area (Å²) >= 11 is 12.8. The molecule has 0 bridgehead atoms. The summed E-state index contributed by atoms with van der Waals surface area (Å²) in [5.74, 6) is 1.44. The lowest BCUT2D eigenvalue weighted by Crippen LogP contribution is -2.31. The maximum Gasteiger partial charge on any atom is 0.341 e. The molecule has 0 heterocycles. The van der Waals surface area contributed by atoms with Crippen molar-refractivity contribution in [1.82, 2.24) is 4.67 Å². The van der Waals surface area contributed by atoms with Crippen LogP contribution < -0.4 is 5.50 Å². The summed E-state index contributed by atoms with van der Waals surface area (Å²) in [5, 5.41) is 0. The molecule has 0 aromatic carbocycles. The molecule has 2 atom stereocenters. The van der Waals surface area contributed by atoms with Crippen molar-refractivity contribution in [3.05, 3.63) is 0 Å². The molecule has 0 aromatic heterocycles. The van der Waals surface area contributed by atoms with Crippen molar-refractivity contribution < 1.29 is 9.09 Å². The molecule has 0 fully saturated rings. The van der Waals surface area contributed by atoms with Crippen LogP contribution in [0.2, 0.25) is 0 Å². The maximum absolute atomic E-state index is 12.1. The van der Waals surface area contributed by atoms with E-state index in [2.05, 4.69) is 0 Å². The third-order valence-corrected chi connectivity index (χ3v) is 4.80. The van der Waals surface area contributed by atoms with E-state index in [1.165, 1.54) is 4.67 Å². The molecular formula is C8H19Cl2N2O2PS. The molecule has 0 spiro atoms. The Kier molecular flexibility index (Phi) is 9.62. The number of thioether (sulfide) groups is 1. The zero-order chi connectivity index (χ0) is 12.6. The van der Waals surface area contributed by atoms with Gasteiger partial charge in [-0.1, -0.05) is 0 Å². The van der Waals surface area contributed by atoms with E-state index in [4.69, 9.17) is 33.2 Å². The first-order chi connectivity index (χ1) is 7.47. The first kappa shape index (κ1) is 17.0. The van der Waals surface area contributed by atoms with E-state index in [0.29, 0.717) is 24.8 Å². The molecular weight excluding hydrogens is 290 g/mol. The van der Waals surface area contributed by atoms with Gasteiger partial charge in [-0.15, -0.1) is 23.2 Å². The average Bonchev–Trinajstić information content (AvgIpc) is 2.17. The lowest BCUT2D eigenvalue weighted by atomic mass is 10.5. The van der Waals surface area contributed by atoms with E-state index >= 15 is 0 Å². The highest BCUT2D eigenvalue weighted by Gasteiger charge is 2.28. The molecule has 16 heavy (non-hydrogen) atoms. The van der Waals surface area contributed by atoms with Crippen LogP contribution in [-0.4, -0.2) is 47.6 Å². The van der Waals surface area contributed by atoms with E-state index in [-0.39, 0.29) is 6.10 Å². The smallest absolute Gasteiger partial charge is 0.302 e. The number of alkyl halides is 2. The van der Waals surface area contributed by atoms with E-state index in [0.717, 1.165) is 5.75 Å². The van der Waals surface area contributed by atoms with Gasteiger partial charge in [-0.2, -0.15) is 11.8 Å². The van der Waals surface area contributed by atoms with Gasteiger partial charge in [0.2, 0.25) is 0 Å². The Bertz CT molecular complexity index is 230. The first-order valence-corrected chi connectivity index (χ1v) is 9.02. The topological polar surface area (TPSA) is 55.6 Å². The SMILES string of the molecule is CSCC(C)OP(N)(=O)N(CCCl)CCCl. The highest BCUT2D eigenvalue weighted by Crippen LogP contribution is 2.43. The molecule has 4 nitrogen and oxygen atoms in total. The second-order valence-corrected chi connectivity index (χ2v) is 6.84. The second kappa shape index (κ2) is 9.03. The third-order valence-electron chi connectivity index (χ3n) is 1.81. The molecule has 0 aliphatic heterocycles. The maximum atomic E-state index is 12.1. The van der Waals surface area contributed by atoms with Crippen LogP contribution in [0.4, 0.5) is 0 Å². The number of halogens is 2. The minimum absolute atomic E-state index is 0.154. The molecule has 0 aliphatic rings. The van der Waals surface area contributed by atoms with Crippen LogP contribution in [0.5, 0.6) is 0 Å². The van der Waals surface area contributed by atoms with Gasteiger partial charge in [0.1, 0.15) is 0 Å². The van der Waals surface area contributed by atoms with Crippen molar-refractivity contribution in [2.24, 2.45) is 5.50 Å². The van der Waals surface area contributed by atoms with E-state index in [9.17, 15) is 4.57 Å². The van der Waals surface area contributed by atoms with Gasteiger partial charge in [0.05, 0.1) is 6.10 Å². The van der Waals surface area contributed by atoms with E-state index < -0.39 is 7.67 Å². The number of nitrogens with zero attached hydrogens (tertiary/aromatic N) is 1. The van der Waals surface area contributed by atoms with Crippen molar-refractivity contribution in [3.63, 3.8) is 0 Å². The van der Waals surface area contributed by atoms with Crippen molar-refractivity contribution in [2.45, 2.75) is 13.0 Å². The molecule has 2 unspecified atom stereocenters. The molecule has 0 rings (SSSR count). The Morgan fingerprint density at radius 1 is 1.44 bits per heavy atom. The van der Waals surface area contributed by atoms with Crippen LogP contribution in [0, 0.1) is 0 Å². The third kappa shape index (κ3) is 6.70. The summed E-state index contributed by atoms with van der Waals surface area (Å²) in [6, 6.07) is 0. The zero-order valence-corrected chi connectivity index (χ0v) is 12.8. The van der Waals surface area contributed by atoms with E-state index in [1.54, 1.807) is 11.8 Å². The summed E-state index contributed by atoms with van der Waals surface area (Å²) in [7, 11) is -3.27. The van der Waals surface area contributed by atoms with Gasteiger partial charge >= 0.3 is 7.67 Å². The van der Waals surface area contributed by atoms with Gasteiger partial charge in [-0.3, -0.25) is 4.57 Å². The Hall–Kier alpha value is 1.04. The summed E-state index contributed by atoms with van der Waals surface area (Å²) in [6.07, 6.45) is 1.80. The van der Waals surface area contributed by atoms with Gasteiger partial charge in [0.25, 0.3) is 0 Å². The van der Waals surface area contributed by atoms with Crippen molar-refractivity contribution in [3.8, 4) is 0 Å². The lowest BCUT2D eigenvalue weighted by Gasteiger charge is -2.28. The minimum atomic E-state index is -3.27. The van der Waals surface area contributed by atoms with Gasteiger partial charge in [-0.25, -0.2) is 10.2 Å². The average molecular weight is 309 g/mol. The molecule has 0 aromatic rings. The highest BCUT2D eigenvalue weighted by molar-refractivity contribution is 7.98. The molecule has 0 saturated carbocycles. The van der Waals surface area contributed by atoms with Gasteiger partial charge in [0, 0.05) is 30.6 Å². The fourth-order valence-electron chi connectivity index (χ4n) is 1.18. The van der Waals surface area contributed by atoms with Crippen molar-refractivity contribution in [2.75, 3.05) is 36.9 Å². The summed E-state index contributed by atoms with van der Waals surface area (Å²) in [5.41, 5.74) is 5.70. The Morgan fingerprint density at radius 2 is 1.94 bits per heavy atom. The summed E-state index contributed by atoms with van der Waals surface area (Å²) in [4.78, 5) is 0. The minimum Gasteiger partial charge on any atom is -0.302 e. The number of hydrogen-bond acceptors (Lipinski definition) is 3. The number of rotatable bonds is 9. The predicted molar refractivity (Wildman–Crippen MR) is 73.7 cm³/mol. The summed E-state index contributed by atoms with van der Waals surface area (Å²) in [6.45, 7) is 2.66. The largest absolute Gasteiger partial charge is 0.341 e. The predicted octanol–water partition coefficient (Wildman–Crippen LogP) is 2.60. The van der Waals surface area contributed by atoms with Gasteiger partial charge in [0.15, 0.2) is 0 Å². The van der Waals surface area contributed by atoms with Crippen LogP contribution in [0.1, 0.15) is 6.92 Å². The normalized spacial score (nSPS) is 17.4. The number of hydrogen-bond donors (Lipinski definition) is 1. The van der Waals surface area contributed by atoms with Crippen LogP contribution in [0.25, 0.3) is 0 Å². The van der Waals surface area contributed by atoms with Crippen molar-refractivity contribution >= 4 is 42.6 Å². The fourth-order valence-corrected chi connectivity index (χ4v) is 3.94. The highest BCUT2D eigenvalue weighted by atomic mass is 35.5. The van der Waals surface area contributed by atoms with Crippen LogP contribution in [0.15, 0.2) is 0 Å². The number of nitrogens with two attached hydrogens (primary N) is 1. The summed E-state index contributed by atoms with van der Waals surface area (Å²) < 4.78 is 19.0. The van der Waals surface area contributed by atoms with Crippen molar-refractivity contribution in [1.29, 1.82) is 0 Å². The van der Waals surface area contributed by atoms with Crippen LogP contribution in [0.3, 0.4) is 0 Å². The zero-order valence-electron chi connectivity index (χ0n) is 9.57. The van der Waals surface area contributed by atoms with Gasteiger partial charge in [-0.05, 0) is 13.2 Å². The molecule has 98 valence electrons. The molecule has 8 heteroatoms. The standard InChI is InChI=1S/C8H19Cl2N2O2PS/c1-8(7-16-2)14-15(11,13)12(5-3-9)6-4-10/h8H,3-7H2,1-2H3,(H2,11,13). The van der Waals surface area contributed by atoms with Gasteiger partial charge < -0.3 is 4.52 Å². The van der Waals surface area contributed by atoms with Crippen LogP contribution >= 0.6 is 42.6 Å². The Balaban J connectivity index is 4.39. The molecule has 0 radical (unpaired) electrons. The Morgan fingerprint density at radius 3 is 2.31 bits per heavy atom. The van der Waals surface area contributed by atoms with E-state index in [1.807, 2.05) is 13.2 Å². The first-order valence-electron chi connectivity index (χ1n) is 4.91. The molecule has 0 saturated heterocycles. The molecule has 0 amide bonds.